The van der Waals surface area contributed by atoms with Crippen molar-refractivity contribution in [3.63, 3.8) is 0 Å². The van der Waals surface area contributed by atoms with Gasteiger partial charge in [-0.2, -0.15) is 0 Å². The summed E-state index contributed by atoms with van der Waals surface area (Å²) in [7, 11) is 2.93. The van der Waals surface area contributed by atoms with Crippen LogP contribution in [0.1, 0.15) is 29.6 Å². The second-order valence-electron chi connectivity index (χ2n) is 5.69. The van der Waals surface area contributed by atoms with E-state index >= 15 is 0 Å². The summed E-state index contributed by atoms with van der Waals surface area (Å²) in [5.41, 5.74) is 5.59. The Morgan fingerprint density at radius 1 is 1.24 bits per heavy atom. The first-order valence-electron chi connectivity index (χ1n) is 8.07. The topological polar surface area (TPSA) is 111 Å². The first-order valence-corrected chi connectivity index (χ1v) is 8.07. The molecule has 1 aliphatic rings. The van der Waals surface area contributed by atoms with Gasteiger partial charge in [-0.1, -0.05) is 6.07 Å². The third-order valence-corrected chi connectivity index (χ3v) is 4.18. The lowest BCUT2D eigenvalue weighted by Crippen LogP contribution is -2.44. The van der Waals surface area contributed by atoms with Crippen molar-refractivity contribution >= 4 is 17.7 Å². The molecular formula is C17H23N3O5. The van der Waals surface area contributed by atoms with Crippen LogP contribution >= 0.6 is 0 Å². The number of benzene rings is 1. The van der Waals surface area contributed by atoms with Crippen LogP contribution in [0.25, 0.3) is 0 Å². The van der Waals surface area contributed by atoms with Crippen molar-refractivity contribution in [2.75, 3.05) is 27.3 Å². The molecule has 1 aromatic carbocycles. The number of nitrogens with zero attached hydrogens (tertiary/aromatic N) is 1. The van der Waals surface area contributed by atoms with Crippen molar-refractivity contribution in [2.45, 2.75) is 25.3 Å². The lowest BCUT2D eigenvalue weighted by atomic mass is 10.1. The molecule has 1 fully saturated rings. The van der Waals surface area contributed by atoms with Crippen LogP contribution < -0.4 is 20.5 Å². The smallest absolute Gasteiger partial charge is 0.258 e. The Bertz CT molecular complexity index is 639. The number of methoxy groups -OCH3 is 2. The summed E-state index contributed by atoms with van der Waals surface area (Å²) in [4.78, 5) is 37.5. The lowest BCUT2D eigenvalue weighted by Gasteiger charge is -2.22. The molecule has 1 unspecified atom stereocenters. The Morgan fingerprint density at radius 2 is 1.88 bits per heavy atom. The van der Waals surface area contributed by atoms with E-state index < -0.39 is 17.9 Å². The van der Waals surface area contributed by atoms with Crippen LogP contribution in [-0.2, 0) is 9.59 Å². The number of nitrogens with two attached hydrogens (primary N) is 1. The van der Waals surface area contributed by atoms with Gasteiger partial charge in [0.15, 0.2) is 0 Å². The molecule has 136 valence electrons. The molecule has 8 heteroatoms. The maximum Gasteiger partial charge on any atom is 0.258 e. The van der Waals surface area contributed by atoms with Crippen LogP contribution in [0.3, 0.4) is 0 Å². The zero-order valence-corrected chi connectivity index (χ0v) is 14.4. The highest BCUT2D eigenvalue weighted by Crippen LogP contribution is 2.27. The number of primary amides is 1. The van der Waals surface area contributed by atoms with Gasteiger partial charge in [0.1, 0.15) is 23.1 Å². The van der Waals surface area contributed by atoms with Gasteiger partial charge in [-0.05, 0) is 25.0 Å². The Morgan fingerprint density at radius 3 is 2.44 bits per heavy atom. The molecule has 1 saturated heterocycles. The van der Waals surface area contributed by atoms with Gasteiger partial charge < -0.3 is 25.4 Å². The quantitative estimate of drug-likeness (QED) is 0.735. The minimum atomic E-state index is -0.544. The number of hydrogen-bond donors (Lipinski definition) is 2. The molecule has 0 spiro atoms. The Labute approximate surface area is 146 Å². The minimum Gasteiger partial charge on any atom is -0.496 e. The minimum absolute atomic E-state index is 0.0903. The van der Waals surface area contributed by atoms with Gasteiger partial charge >= 0.3 is 0 Å². The third kappa shape index (κ3) is 4.20. The van der Waals surface area contributed by atoms with E-state index in [-0.39, 0.29) is 24.4 Å². The number of nitrogens with one attached hydrogen (secondary N) is 1. The molecule has 25 heavy (non-hydrogen) atoms. The molecule has 0 saturated carbocycles. The normalized spacial score (nSPS) is 16.4. The Kier molecular flexibility index (Phi) is 6.21. The van der Waals surface area contributed by atoms with Crippen LogP contribution in [0.5, 0.6) is 11.5 Å². The maximum absolute atomic E-state index is 12.4. The lowest BCUT2D eigenvalue weighted by molar-refractivity contribution is -0.137. The third-order valence-electron chi connectivity index (χ3n) is 4.18. The summed E-state index contributed by atoms with van der Waals surface area (Å²) in [6, 6.07) is 4.49. The average molecular weight is 349 g/mol. The van der Waals surface area contributed by atoms with E-state index in [1.54, 1.807) is 18.2 Å². The largest absolute Gasteiger partial charge is 0.496 e. The fourth-order valence-electron chi connectivity index (χ4n) is 2.95. The number of rotatable bonds is 7. The van der Waals surface area contributed by atoms with Crippen molar-refractivity contribution in [3.8, 4) is 11.5 Å². The van der Waals surface area contributed by atoms with Gasteiger partial charge in [0.05, 0.1) is 14.2 Å². The van der Waals surface area contributed by atoms with Gasteiger partial charge in [-0.3, -0.25) is 14.4 Å². The molecule has 0 aromatic heterocycles. The van der Waals surface area contributed by atoms with E-state index in [0.29, 0.717) is 24.5 Å². The van der Waals surface area contributed by atoms with E-state index in [4.69, 9.17) is 15.2 Å². The summed E-state index contributed by atoms with van der Waals surface area (Å²) in [5.74, 6) is -0.315. The molecule has 3 N–H and O–H groups in total. The highest BCUT2D eigenvalue weighted by molar-refractivity contribution is 6.00. The number of carbonyl (C=O) groups is 3. The molecule has 2 rings (SSSR count). The molecule has 1 aromatic rings. The van der Waals surface area contributed by atoms with Crippen molar-refractivity contribution in [1.29, 1.82) is 0 Å². The van der Waals surface area contributed by atoms with Crippen molar-refractivity contribution in [1.82, 2.24) is 10.2 Å². The molecule has 0 bridgehead atoms. The standard InChI is InChI=1S/C17H23N3O5/c1-24-12-6-3-7-13(25-2)15(12)17(23)19-9-8-14(21)20-10-4-5-11(20)16(18)22/h3,6-7,11H,4-5,8-10H2,1-2H3,(H2,18,22)(H,19,23). The second-order valence-corrected chi connectivity index (χ2v) is 5.69. The van der Waals surface area contributed by atoms with E-state index in [0.717, 1.165) is 6.42 Å². The van der Waals surface area contributed by atoms with Gasteiger partial charge in [0, 0.05) is 19.5 Å². The highest BCUT2D eigenvalue weighted by Gasteiger charge is 2.32. The van der Waals surface area contributed by atoms with Crippen LogP contribution in [0.2, 0.25) is 0 Å². The van der Waals surface area contributed by atoms with E-state index in [2.05, 4.69) is 5.32 Å². The highest BCUT2D eigenvalue weighted by atomic mass is 16.5. The molecule has 3 amide bonds. The zero-order valence-electron chi connectivity index (χ0n) is 14.4. The average Bonchev–Trinajstić information content (AvgIpc) is 3.10. The van der Waals surface area contributed by atoms with Gasteiger partial charge in [0.25, 0.3) is 5.91 Å². The molecule has 1 atom stereocenters. The van der Waals surface area contributed by atoms with Gasteiger partial charge in [-0.25, -0.2) is 0 Å². The monoisotopic (exact) mass is 349 g/mol. The molecule has 0 radical (unpaired) electrons. The predicted molar refractivity (Wildman–Crippen MR) is 90.4 cm³/mol. The second kappa shape index (κ2) is 8.36. The van der Waals surface area contributed by atoms with Crippen LogP contribution in [0.15, 0.2) is 18.2 Å². The van der Waals surface area contributed by atoms with Gasteiger partial charge in [-0.15, -0.1) is 0 Å². The maximum atomic E-state index is 12.4. The summed E-state index contributed by atoms with van der Waals surface area (Å²) < 4.78 is 10.4. The first-order chi connectivity index (χ1) is 12.0. The van der Waals surface area contributed by atoms with E-state index in [1.807, 2.05) is 0 Å². The number of amides is 3. The summed E-state index contributed by atoms with van der Waals surface area (Å²) in [5, 5.41) is 2.68. The van der Waals surface area contributed by atoms with Crippen LogP contribution in [-0.4, -0.2) is 56.0 Å². The van der Waals surface area contributed by atoms with Gasteiger partial charge in [0.2, 0.25) is 11.8 Å². The molecule has 0 aliphatic carbocycles. The molecule has 1 aliphatic heterocycles. The number of ether oxygens (including phenoxy) is 2. The Hall–Kier alpha value is -2.77. The van der Waals surface area contributed by atoms with Crippen molar-refractivity contribution < 1.29 is 23.9 Å². The van der Waals surface area contributed by atoms with Crippen molar-refractivity contribution in [3.05, 3.63) is 23.8 Å². The molecular weight excluding hydrogens is 326 g/mol. The molecule has 8 nitrogen and oxygen atoms in total. The number of likely N-dealkylation sites (tertiary alicyclic amines) is 1. The zero-order chi connectivity index (χ0) is 18.4. The summed E-state index contributed by atoms with van der Waals surface area (Å²) in [6.45, 7) is 0.654. The summed E-state index contributed by atoms with van der Waals surface area (Å²) >= 11 is 0. The molecule has 1 heterocycles. The number of carbonyl (C=O) groups excluding carboxylic acids is 3. The summed E-state index contributed by atoms with van der Waals surface area (Å²) in [6.07, 6.45) is 1.43. The predicted octanol–water partition coefficient (Wildman–Crippen LogP) is 0.300. The van der Waals surface area contributed by atoms with E-state index in [9.17, 15) is 14.4 Å². The first kappa shape index (κ1) is 18.6. The van der Waals surface area contributed by atoms with Crippen LogP contribution in [0.4, 0.5) is 0 Å². The SMILES string of the molecule is COc1cccc(OC)c1C(=O)NCCC(=O)N1CCCC1C(N)=O. The van der Waals surface area contributed by atoms with Crippen LogP contribution in [0, 0.1) is 0 Å². The Balaban J connectivity index is 1.95. The fourth-order valence-corrected chi connectivity index (χ4v) is 2.95. The van der Waals surface area contributed by atoms with Crippen molar-refractivity contribution in [2.24, 2.45) is 5.73 Å². The van der Waals surface area contributed by atoms with E-state index in [1.165, 1.54) is 19.1 Å². The number of hydrogen-bond acceptors (Lipinski definition) is 5. The fraction of sp³-hybridized carbons (Fsp3) is 0.471.